The molecular weight excluding hydrogens is 314 g/mol. The quantitative estimate of drug-likeness (QED) is 0.605. The van der Waals surface area contributed by atoms with E-state index in [-0.39, 0.29) is 0 Å². The Bertz CT molecular complexity index is 1040. The topological polar surface area (TPSA) is 60.0 Å². The molecule has 0 fully saturated rings. The van der Waals surface area contributed by atoms with Gasteiger partial charge in [-0.15, -0.1) is 0 Å². The fourth-order valence-corrected chi connectivity index (χ4v) is 2.95. The Hall–Kier alpha value is -3.34. The lowest BCUT2D eigenvalue weighted by atomic mass is 10.1. The molecular formula is C20H17N3O2. The van der Waals surface area contributed by atoms with Gasteiger partial charge in [0, 0.05) is 22.9 Å². The van der Waals surface area contributed by atoms with Gasteiger partial charge in [0.2, 0.25) is 0 Å². The fraction of sp³-hybridized carbons (Fsp3) is 0.100. The van der Waals surface area contributed by atoms with Crippen LogP contribution in [0.25, 0.3) is 33.5 Å². The van der Waals surface area contributed by atoms with E-state index in [1.807, 2.05) is 54.7 Å². The van der Waals surface area contributed by atoms with Crippen LogP contribution in [0.3, 0.4) is 0 Å². The minimum Gasteiger partial charge on any atom is -0.496 e. The Morgan fingerprint density at radius 3 is 2.16 bits per heavy atom. The zero-order valence-electron chi connectivity index (χ0n) is 14.0. The van der Waals surface area contributed by atoms with Crippen molar-refractivity contribution in [3.8, 4) is 33.9 Å². The SMILES string of the molecule is COc1ccccc1-c1cnc2[nH]cc(-c3ccccc3OC)c2n1. The molecule has 0 atom stereocenters. The summed E-state index contributed by atoms with van der Waals surface area (Å²) >= 11 is 0. The lowest BCUT2D eigenvalue weighted by Gasteiger charge is -2.09. The first kappa shape index (κ1) is 15.2. The minimum atomic E-state index is 0.736. The van der Waals surface area contributed by atoms with Crippen molar-refractivity contribution >= 4 is 11.2 Å². The molecule has 0 radical (unpaired) electrons. The van der Waals surface area contributed by atoms with Gasteiger partial charge in [0.25, 0.3) is 0 Å². The van der Waals surface area contributed by atoms with Crippen LogP contribution in [0.15, 0.2) is 60.9 Å². The third-order valence-electron chi connectivity index (χ3n) is 4.16. The molecule has 0 aliphatic carbocycles. The lowest BCUT2D eigenvalue weighted by Crippen LogP contribution is -1.92. The van der Waals surface area contributed by atoms with Crippen molar-refractivity contribution in [2.24, 2.45) is 0 Å². The van der Waals surface area contributed by atoms with Gasteiger partial charge in [0.1, 0.15) is 17.0 Å². The largest absolute Gasteiger partial charge is 0.496 e. The van der Waals surface area contributed by atoms with Crippen LogP contribution < -0.4 is 9.47 Å². The first-order chi connectivity index (χ1) is 12.3. The van der Waals surface area contributed by atoms with Gasteiger partial charge in [-0.3, -0.25) is 0 Å². The van der Waals surface area contributed by atoms with Crippen LogP contribution in [0.1, 0.15) is 0 Å². The molecule has 5 nitrogen and oxygen atoms in total. The normalized spacial score (nSPS) is 10.8. The van der Waals surface area contributed by atoms with Crippen LogP contribution in [0.4, 0.5) is 0 Å². The molecule has 124 valence electrons. The number of nitrogens with zero attached hydrogens (tertiary/aromatic N) is 2. The summed E-state index contributed by atoms with van der Waals surface area (Å²) in [6, 6.07) is 15.7. The molecule has 0 saturated carbocycles. The van der Waals surface area contributed by atoms with E-state index in [0.29, 0.717) is 0 Å². The molecule has 0 amide bonds. The number of H-pyrrole nitrogens is 1. The van der Waals surface area contributed by atoms with E-state index in [1.165, 1.54) is 0 Å². The van der Waals surface area contributed by atoms with Crippen LogP contribution in [0, 0.1) is 0 Å². The zero-order chi connectivity index (χ0) is 17.2. The molecule has 4 rings (SSSR count). The van der Waals surface area contributed by atoms with E-state index in [4.69, 9.17) is 14.5 Å². The van der Waals surface area contributed by atoms with Crippen molar-refractivity contribution in [1.82, 2.24) is 15.0 Å². The van der Waals surface area contributed by atoms with E-state index < -0.39 is 0 Å². The summed E-state index contributed by atoms with van der Waals surface area (Å²) in [6.07, 6.45) is 3.66. The summed E-state index contributed by atoms with van der Waals surface area (Å²) in [4.78, 5) is 12.5. The zero-order valence-corrected chi connectivity index (χ0v) is 14.0. The molecule has 5 heteroatoms. The molecule has 2 aromatic carbocycles. The average molecular weight is 331 g/mol. The molecule has 0 aliphatic rings. The van der Waals surface area contributed by atoms with Crippen LogP contribution in [-0.2, 0) is 0 Å². The number of aromatic nitrogens is 3. The molecule has 2 heterocycles. The van der Waals surface area contributed by atoms with Crippen molar-refractivity contribution in [3.63, 3.8) is 0 Å². The number of hydrogen-bond acceptors (Lipinski definition) is 4. The number of aromatic amines is 1. The summed E-state index contributed by atoms with van der Waals surface area (Å²) in [7, 11) is 3.32. The van der Waals surface area contributed by atoms with Gasteiger partial charge in [0.15, 0.2) is 5.65 Å². The van der Waals surface area contributed by atoms with Crippen molar-refractivity contribution < 1.29 is 9.47 Å². The second-order valence-electron chi connectivity index (χ2n) is 5.56. The predicted molar refractivity (Wildman–Crippen MR) is 97.9 cm³/mol. The summed E-state index contributed by atoms with van der Waals surface area (Å²) in [5, 5.41) is 0. The second-order valence-corrected chi connectivity index (χ2v) is 5.56. The van der Waals surface area contributed by atoms with E-state index >= 15 is 0 Å². The van der Waals surface area contributed by atoms with Gasteiger partial charge >= 0.3 is 0 Å². The molecule has 0 unspecified atom stereocenters. The number of rotatable bonds is 4. The Balaban J connectivity index is 1.92. The Morgan fingerprint density at radius 2 is 1.44 bits per heavy atom. The number of ether oxygens (including phenoxy) is 2. The first-order valence-corrected chi connectivity index (χ1v) is 7.92. The molecule has 25 heavy (non-hydrogen) atoms. The summed E-state index contributed by atoms with van der Waals surface area (Å²) in [6.45, 7) is 0. The number of para-hydroxylation sites is 2. The number of methoxy groups -OCH3 is 2. The van der Waals surface area contributed by atoms with E-state index in [0.717, 1.165) is 45.0 Å². The molecule has 0 bridgehead atoms. The summed E-state index contributed by atoms with van der Waals surface area (Å²) in [5.41, 5.74) is 5.14. The third-order valence-corrected chi connectivity index (χ3v) is 4.16. The third kappa shape index (κ3) is 2.59. The number of benzene rings is 2. The molecule has 0 spiro atoms. The predicted octanol–water partition coefficient (Wildman–Crippen LogP) is 4.31. The lowest BCUT2D eigenvalue weighted by molar-refractivity contribution is 0.416. The van der Waals surface area contributed by atoms with Gasteiger partial charge in [-0.2, -0.15) is 0 Å². The van der Waals surface area contributed by atoms with Crippen molar-refractivity contribution in [2.45, 2.75) is 0 Å². The first-order valence-electron chi connectivity index (χ1n) is 7.92. The summed E-state index contributed by atoms with van der Waals surface area (Å²) < 4.78 is 10.9. The van der Waals surface area contributed by atoms with Gasteiger partial charge in [-0.1, -0.05) is 30.3 Å². The maximum Gasteiger partial charge on any atom is 0.156 e. The average Bonchev–Trinajstić information content (AvgIpc) is 3.10. The molecule has 4 aromatic rings. The maximum atomic E-state index is 5.49. The number of nitrogens with one attached hydrogen (secondary N) is 1. The molecule has 2 aromatic heterocycles. The van der Waals surface area contributed by atoms with Crippen LogP contribution in [0.5, 0.6) is 11.5 Å². The second kappa shape index (κ2) is 6.28. The number of fused-ring (bicyclic) bond motifs is 1. The standard InChI is InChI=1S/C20H17N3O2/c1-24-17-9-5-3-7-13(17)15-11-21-20-19(15)23-16(12-22-20)14-8-4-6-10-18(14)25-2/h3-12H,1-2H3,(H,21,22). The van der Waals surface area contributed by atoms with Crippen molar-refractivity contribution in [3.05, 3.63) is 60.9 Å². The van der Waals surface area contributed by atoms with E-state index in [2.05, 4.69) is 9.97 Å². The van der Waals surface area contributed by atoms with Gasteiger partial charge in [-0.05, 0) is 18.2 Å². The fourth-order valence-electron chi connectivity index (χ4n) is 2.95. The van der Waals surface area contributed by atoms with Crippen molar-refractivity contribution in [2.75, 3.05) is 14.2 Å². The number of hydrogen-bond donors (Lipinski definition) is 1. The maximum absolute atomic E-state index is 5.49. The van der Waals surface area contributed by atoms with Gasteiger partial charge in [-0.25, -0.2) is 9.97 Å². The highest BCUT2D eigenvalue weighted by Crippen LogP contribution is 2.35. The van der Waals surface area contributed by atoms with Crippen LogP contribution >= 0.6 is 0 Å². The van der Waals surface area contributed by atoms with E-state index in [9.17, 15) is 0 Å². The van der Waals surface area contributed by atoms with Crippen LogP contribution in [-0.4, -0.2) is 29.2 Å². The summed E-state index contributed by atoms with van der Waals surface area (Å²) in [5.74, 6) is 1.57. The highest BCUT2D eigenvalue weighted by atomic mass is 16.5. The molecule has 1 N–H and O–H groups in total. The molecule has 0 saturated heterocycles. The Morgan fingerprint density at radius 1 is 0.800 bits per heavy atom. The Labute approximate surface area is 145 Å². The minimum absolute atomic E-state index is 0.736. The van der Waals surface area contributed by atoms with Gasteiger partial charge in [0.05, 0.1) is 26.1 Å². The molecule has 0 aliphatic heterocycles. The van der Waals surface area contributed by atoms with Gasteiger partial charge < -0.3 is 14.5 Å². The van der Waals surface area contributed by atoms with Crippen molar-refractivity contribution in [1.29, 1.82) is 0 Å². The monoisotopic (exact) mass is 331 g/mol. The van der Waals surface area contributed by atoms with Crippen LogP contribution in [0.2, 0.25) is 0 Å². The highest BCUT2D eigenvalue weighted by Gasteiger charge is 2.15. The highest BCUT2D eigenvalue weighted by molar-refractivity contribution is 5.93. The smallest absolute Gasteiger partial charge is 0.156 e. The van der Waals surface area contributed by atoms with E-state index in [1.54, 1.807) is 20.4 Å². The Kier molecular flexibility index (Phi) is 3.82.